The van der Waals surface area contributed by atoms with Gasteiger partial charge in [0.25, 0.3) is 0 Å². The van der Waals surface area contributed by atoms with Crippen molar-refractivity contribution in [3.8, 4) is 0 Å². The van der Waals surface area contributed by atoms with E-state index in [2.05, 4.69) is 22.6 Å². The highest BCUT2D eigenvalue weighted by Crippen LogP contribution is 2.17. The van der Waals surface area contributed by atoms with Crippen LogP contribution in [0, 0.1) is 0 Å². The van der Waals surface area contributed by atoms with E-state index in [1.807, 2.05) is 6.92 Å². The lowest BCUT2D eigenvalue weighted by Crippen LogP contribution is -2.51. The topological polar surface area (TPSA) is 44.4 Å². The van der Waals surface area contributed by atoms with Crippen LogP contribution in [-0.4, -0.2) is 49.1 Å². The van der Waals surface area contributed by atoms with Gasteiger partial charge >= 0.3 is 0 Å². The third-order valence-electron chi connectivity index (χ3n) is 4.91. The molecular formula is C16H31N3O. The zero-order valence-electron chi connectivity index (χ0n) is 13.2. The first kappa shape index (κ1) is 15.8. The third kappa shape index (κ3) is 4.74. The summed E-state index contributed by atoms with van der Waals surface area (Å²) >= 11 is 0. The van der Waals surface area contributed by atoms with Gasteiger partial charge in [-0.05, 0) is 46.2 Å². The quantitative estimate of drug-likeness (QED) is 0.809. The Morgan fingerprint density at radius 3 is 2.55 bits per heavy atom. The van der Waals surface area contributed by atoms with Crippen LogP contribution < -0.4 is 10.6 Å². The van der Waals surface area contributed by atoms with E-state index >= 15 is 0 Å². The van der Waals surface area contributed by atoms with Crippen molar-refractivity contribution in [3.05, 3.63) is 0 Å². The molecule has 1 saturated carbocycles. The molecule has 116 valence electrons. The molecule has 0 radical (unpaired) electrons. The van der Waals surface area contributed by atoms with E-state index in [4.69, 9.17) is 0 Å². The Balaban J connectivity index is 1.73. The summed E-state index contributed by atoms with van der Waals surface area (Å²) < 4.78 is 0. The highest BCUT2D eigenvalue weighted by atomic mass is 16.2. The Morgan fingerprint density at radius 2 is 1.90 bits per heavy atom. The van der Waals surface area contributed by atoms with Gasteiger partial charge in [-0.3, -0.25) is 9.69 Å². The molecule has 1 aliphatic heterocycles. The standard InChI is InChI=1S/C16H31N3O/c1-13(16(20)18-14-8-4-3-5-9-14)19(2)12-15-10-6-7-11-17-15/h13-15,17H,3-12H2,1-2H3,(H,18,20). The van der Waals surface area contributed by atoms with Gasteiger partial charge in [-0.15, -0.1) is 0 Å². The molecule has 4 heteroatoms. The van der Waals surface area contributed by atoms with E-state index in [0.29, 0.717) is 12.1 Å². The monoisotopic (exact) mass is 281 g/mol. The number of hydrogen-bond acceptors (Lipinski definition) is 3. The molecule has 0 aromatic carbocycles. The lowest BCUT2D eigenvalue weighted by Gasteiger charge is -2.32. The second kappa shape index (κ2) is 7.99. The lowest BCUT2D eigenvalue weighted by molar-refractivity contribution is -0.126. The minimum Gasteiger partial charge on any atom is -0.352 e. The van der Waals surface area contributed by atoms with E-state index in [9.17, 15) is 4.79 Å². The van der Waals surface area contributed by atoms with Crippen LogP contribution in [0.25, 0.3) is 0 Å². The van der Waals surface area contributed by atoms with Gasteiger partial charge in [-0.25, -0.2) is 0 Å². The number of amides is 1. The summed E-state index contributed by atoms with van der Waals surface area (Å²) in [6.07, 6.45) is 10.0. The Kier molecular flexibility index (Phi) is 6.30. The van der Waals surface area contributed by atoms with Crippen LogP contribution in [0.2, 0.25) is 0 Å². The minimum atomic E-state index is -0.0272. The maximum Gasteiger partial charge on any atom is 0.237 e. The van der Waals surface area contributed by atoms with Gasteiger partial charge in [0.1, 0.15) is 0 Å². The largest absolute Gasteiger partial charge is 0.352 e. The summed E-state index contributed by atoms with van der Waals surface area (Å²) in [6.45, 7) is 4.13. The molecule has 4 nitrogen and oxygen atoms in total. The van der Waals surface area contributed by atoms with Gasteiger partial charge in [0, 0.05) is 18.6 Å². The van der Waals surface area contributed by atoms with Crippen molar-refractivity contribution in [2.24, 2.45) is 0 Å². The molecule has 1 amide bonds. The highest BCUT2D eigenvalue weighted by molar-refractivity contribution is 5.81. The molecule has 1 saturated heterocycles. The average molecular weight is 281 g/mol. The number of likely N-dealkylation sites (N-methyl/N-ethyl adjacent to an activating group) is 1. The summed E-state index contributed by atoms with van der Waals surface area (Å²) in [5, 5.41) is 6.79. The van der Waals surface area contributed by atoms with Gasteiger partial charge in [0.15, 0.2) is 0 Å². The molecule has 2 atom stereocenters. The number of piperidine rings is 1. The second-order valence-corrected chi connectivity index (χ2v) is 6.61. The normalized spacial score (nSPS) is 26.4. The zero-order valence-corrected chi connectivity index (χ0v) is 13.2. The zero-order chi connectivity index (χ0) is 14.4. The number of hydrogen-bond donors (Lipinski definition) is 2. The first-order chi connectivity index (χ1) is 9.66. The van der Waals surface area contributed by atoms with Crippen molar-refractivity contribution in [2.75, 3.05) is 20.1 Å². The molecule has 0 spiro atoms. The van der Waals surface area contributed by atoms with Crippen molar-refractivity contribution in [2.45, 2.75) is 76.4 Å². The fourth-order valence-electron chi connectivity index (χ4n) is 3.35. The molecule has 2 aliphatic rings. The predicted octanol–water partition coefficient (Wildman–Crippen LogP) is 1.90. The summed E-state index contributed by atoms with van der Waals surface area (Å²) in [6, 6.07) is 0.944. The maximum atomic E-state index is 12.3. The molecule has 1 aliphatic carbocycles. The summed E-state index contributed by atoms with van der Waals surface area (Å²) in [5.74, 6) is 0.204. The fraction of sp³-hybridized carbons (Fsp3) is 0.938. The van der Waals surface area contributed by atoms with Crippen LogP contribution in [0.15, 0.2) is 0 Å². The Morgan fingerprint density at radius 1 is 1.20 bits per heavy atom. The smallest absolute Gasteiger partial charge is 0.237 e. The molecule has 0 aromatic heterocycles. The van der Waals surface area contributed by atoms with Crippen LogP contribution in [-0.2, 0) is 4.79 Å². The van der Waals surface area contributed by atoms with Crippen LogP contribution in [0.1, 0.15) is 58.3 Å². The van der Waals surface area contributed by atoms with Gasteiger partial charge in [-0.1, -0.05) is 25.7 Å². The molecule has 20 heavy (non-hydrogen) atoms. The van der Waals surface area contributed by atoms with E-state index in [0.717, 1.165) is 25.9 Å². The minimum absolute atomic E-state index is 0.0272. The van der Waals surface area contributed by atoms with Crippen molar-refractivity contribution >= 4 is 5.91 Å². The molecular weight excluding hydrogens is 250 g/mol. The van der Waals surface area contributed by atoms with Crippen molar-refractivity contribution in [1.29, 1.82) is 0 Å². The third-order valence-corrected chi connectivity index (χ3v) is 4.91. The molecule has 0 bridgehead atoms. The van der Waals surface area contributed by atoms with Crippen molar-refractivity contribution in [3.63, 3.8) is 0 Å². The summed E-state index contributed by atoms with van der Waals surface area (Å²) in [5.41, 5.74) is 0. The van der Waals surface area contributed by atoms with Crippen LogP contribution in [0.5, 0.6) is 0 Å². The summed E-state index contributed by atoms with van der Waals surface area (Å²) in [4.78, 5) is 14.5. The van der Waals surface area contributed by atoms with E-state index in [-0.39, 0.29) is 11.9 Å². The fourth-order valence-corrected chi connectivity index (χ4v) is 3.35. The molecule has 2 unspecified atom stereocenters. The molecule has 2 fully saturated rings. The first-order valence-corrected chi connectivity index (χ1v) is 8.41. The van der Waals surface area contributed by atoms with Crippen molar-refractivity contribution < 1.29 is 4.79 Å². The molecule has 1 heterocycles. The predicted molar refractivity (Wildman–Crippen MR) is 82.7 cm³/mol. The first-order valence-electron chi connectivity index (χ1n) is 8.41. The van der Waals surface area contributed by atoms with Gasteiger partial charge < -0.3 is 10.6 Å². The lowest BCUT2D eigenvalue weighted by atomic mass is 9.95. The Bertz CT molecular complexity index is 296. The Hall–Kier alpha value is -0.610. The van der Waals surface area contributed by atoms with Crippen LogP contribution >= 0.6 is 0 Å². The average Bonchev–Trinajstić information content (AvgIpc) is 2.48. The number of nitrogens with zero attached hydrogens (tertiary/aromatic N) is 1. The number of carbonyl (C=O) groups is 1. The molecule has 0 aromatic rings. The SMILES string of the molecule is CC(C(=O)NC1CCCCC1)N(C)CC1CCCCN1. The van der Waals surface area contributed by atoms with Gasteiger partial charge in [0.05, 0.1) is 6.04 Å². The Labute approximate surface area is 123 Å². The molecule has 2 rings (SSSR count). The van der Waals surface area contributed by atoms with E-state index < -0.39 is 0 Å². The second-order valence-electron chi connectivity index (χ2n) is 6.61. The van der Waals surface area contributed by atoms with Gasteiger partial charge in [-0.2, -0.15) is 0 Å². The van der Waals surface area contributed by atoms with Gasteiger partial charge in [0.2, 0.25) is 5.91 Å². The van der Waals surface area contributed by atoms with Crippen LogP contribution in [0.4, 0.5) is 0 Å². The molecule has 2 N–H and O–H groups in total. The summed E-state index contributed by atoms with van der Waals surface area (Å²) in [7, 11) is 2.07. The van der Waals surface area contributed by atoms with E-state index in [1.165, 1.54) is 38.5 Å². The van der Waals surface area contributed by atoms with E-state index in [1.54, 1.807) is 0 Å². The maximum absolute atomic E-state index is 12.3. The van der Waals surface area contributed by atoms with Crippen molar-refractivity contribution in [1.82, 2.24) is 15.5 Å². The number of nitrogens with one attached hydrogen (secondary N) is 2. The van der Waals surface area contributed by atoms with Crippen LogP contribution in [0.3, 0.4) is 0 Å². The number of carbonyl (C=O) groups excluding carboxylic acids is 1. The number of rotatable bonds is 5. The highest BCUT2D eigenvalue weighted by Gasteiger charge is 2.24.